The lowest BCUT2D eigenvalue weighted by Crippen LogP contribution is -2.38. The monoisotopic (exact) mass is 249 g/mol. The average molecular weight is 249 g/mol. The van der Waals surface area contributed by atoms with Gasteiger partial charge in [0.05, 0.1) is 0 Å². The summed E-state index contributed by atoms with van der Waals surface area (Å²) in [6.07, 6.45) is 0.405. The van der Waals surface area contributed by atoms with Gasteiger partial charge in [-0.1, -0.05) is 49.3 Å². The molecule has 0 aliphatic carbocycles. The fraction of sp³-hybridized carbons (Fsp3) is 0.385. The molecule has 5 heteroatoms. The molecule has 0 aromatic heterocycles. The van der Waals surface area contributed by atoms with Gasteiger partial charge in [0.2, 0.25) is 5.91 Å². The van der Waals surface area contributed by atoms with Crippen molar-refractivity contribution in [1.82, 2.24) is 5.32 Å². The van der Waals surface area contributed by atoms with Crippen LogP contribution in [0.15, 0.2) is 35.5 Å². The van der Waals surface area contributed by atoms with Gasteiger partial charge in [-0.2, -0.15) is 0 Å². The number of hydrogen-bond acceptors (Lipinski definition) is 3. The Kier molecular flexibility index (Phi) is 5.17. The van der Waals surface area contributed by atoms with E-state index < -0.39 is 6.04 Å². The second-order valence-corrected chi connectivity index (χ2v) is 4.53. The van der Waals surface area contributed by atoms with Crippen LogP contribution in [0.4, 0.5) is 0 Å². The van der Waals surface area contributed by atoms with Crippen molar-refractivity contribution in [2.24, 2.45) is 16.8 Å². The Bertz CT molecular complexity index is 416. The molecule has 0 saturated heterocycles. The van der Waals surface area contributed by atoms with E-state index in [1.165, 1.54) is 0 Å². The third kappa shape index (κ3) is 4.08. The minimum absolute atomic E-state index is 0.0293. The van der Waals surface area contributed by atoms with Crippen molar-refractivity contribution < 1.29 is 10.0 Å². The van der Waals surface area contributed by atoms with Gasteiger partial charge in [-0.15, -0.1) is 0 Å². The van der Waals surface area contributed by atoms with Crippen molar-refractivity contribution in [1.29, 1.82) is 0 Å². The van der Waals surface area contributed by atoms with Crippen LogP contribution in [-0.2, 0) is 4.79 Å². The molecule has 4 N–H and O–H groups in total. The largest absolute Gasteiger partial charge is 0.409 e. The molecule has 98 valence electrons. The van der Waals surface area contributed by atoms with Gasteiger partial charge in [0.1, 0.15) is 6.04 Å². The maximum atomic E-state index is 11.8. The van der Waals surface area contributed by atoms with E-state index >= 15 is 0 Å². The van der Waals surface area contributed by atoms with Crippen LogP contribution in [0.2, 0.25) is 0 Å². The molecule has 1 atom stereocenters. The Balaban J connectivity index is 2.84. The van der Waals surface area contributed by atoms with Crippen molar-refractivity contribution in [3.05, 3.63) is 35.9 Å². The number of carbonyl (C=O) groups is 1. The Hall–Kier alpha value is -2.04. The number of nitrogens with two attached hydrogens (primary N) is 1. The number of benzene rings is 1. The maximum absolute atomic E-state index is 11.8. The topological polar surface area (TPSA) is 87.7 Å². The molecule has 1 aromatic carbocycles. The normalized spacial score (nSPS) is 13.4. The number of carbonyl (C=O) groups excluding carboxylic acids is 1. The number of nitrogens with zero attached hydrogens (tertiary/aromatic N) is 1. The van der Waals surface area contributed by atoms with E-state index in [0.29, 0.717) is 6.42 Å². The van der Waals surface area contributed by atoms with Crippen molar-refractivity contribution >= 4 is 11.7 Å². The second kappa shape index (κ2) is 6.64. The molecule has 0 radical (unpaired) electrons. The highest BCUT2D eigenvalue weighted by Gasteiger charge is 2.19. The lowest BCUT2D eigenvalue weighted by atomic mass is 10.0. The maximum Gasteiger partial charge on any atom is 0.221 e. The van der Waals surface area contributed by atoms with E-state index in [-0.39, 0.29) is 17.7 Å². The summed E-state index contributed by atoms with van der Waals surface area (Å²) in [6, 6.07) is 8.57. The number of amidine groups is 1. The smallest absolute Gasteiger partial charge is 0.221 e. The highest BCUT2D eigenvalue weighted by Crippen LogP contribution is 2.13. The molecule has 0 fully saturated rings. The summed E-state index contributed by atoms with van der Waals surface area (Å²) < 4.78 is 0. The van der Waals surface area contributed by atoms with Crippen LogP contribution in [0.1, 0.15) is 31.9 Å². The molecular formula is C13H19N3O2. The van der Waals surface area contributed by atoms with Gasteiger partial charge in [-0.3, -0.25) is 4.79 Å². The standard InChI is InChI=1S/C13H19N3O2/c1-9(2)8-11(17)15-12(13(14)16-18)10-6-4-3-5-7-10/h3-7,9,12,18H,8H2,1-2H3,(H2,14,16)(H,15,17). The minimum atomic E-state index is -0.595. The van der Waals surface area contributed by atoms with Crippen LogP contribution in [0.25, 0.3) is 0 Å². The van der Waals surface area contributed by atoms with Crippen LogP contribution in [0, 0.1) is 5.92 Å². The van der Waals surface area contributed by atoms with Gasteiger partial charge in [-0.05, 0) is 11.5 Å². The van der Waals surface area contributed by atoms with Crippen molar-refractivity contribution in [3.63, 3.8) is 0 Å². The van der Waals surface area contributed by atoms with E-state index in [1.54, 1.807) is 0 Å². The molecule has 0 aliphatic heterocycles. The first-order valence-electron chi connectivity index (χ1n) is 5.86. The predicted molar refractivity (Wildman–Crippen MR) is 70.2 cm³/mol. The van der Waals surface area contributed by atoms with E-state index in [2.05, 4.69) is 10.5 Å². The fourth-order valence-corrected chi connectivity index (χ4v) is 1.62. The molecule has 1 amide bonds. The van der Waals surface area contributed by atoms with Gasteiger partial charge in [-0.25, -0.2) is 0 Å². The Morgan fingerprint density at radius 2 is 2.00 bits per heavy atom. The molecular weight excluding hydrogens is 230 g/mol. The van der Waals surface area contributed by atoms with Gasteiger partial charge >= 0.3 is 0 Å². The first-order valence-corrected chi connectivity index (χ1v) is 5.86. The summed E-state index contributed by atoms with van der Waals surface area (Å²) in [5.41, 5.74) is 6.40. The molecule has 0 bridgehead atoms. The zero-order valence-electron chi connectivity index (χ0n) is 10.6. The molecule has 0 saturated carbocycles. The molecule has 1 aromatic rings. The predicted octanol–water partition coefficient (Wildman–Crippen LogP) is 1.64. The molecule has 1 rings (SSSR count). The first-order chi connectivity index (χ1) is 8.54. The first kappa shape index (κ1) is 14.0. The van der Waals surface area contributed by atoms with Gasteiger partial charge in [0.25, 0.3) is 0 Å². The summed E-state index contributed by atoms with van der Waals surface area (Å²) in [5, 5.41) is 14.5. The third-order valence-electron chi connectivity index (χ3n) is 2.44. The van der Waals surface area contributed by atoms with E-state index in [9.17, 15) is 4.79 Å². The lowest BCUT2D eigenvalue weighted by Gasteiger charge is -2.18. The summed E-state index contributed by atoms with van der Waals surface area (Å²) in [7, 11) is 0. The van der Waals surface area contributed by atoms with Crippen LogP contribution in [0.5, 0.6) is 0 Å². The number of oxime groups is 1. The van der Waals surface area contributed by atoms with Crippen LogP contribution < -0.4 is 11.1 Å². The van der Waals surface area contributed by atoms with E-state index in [0.717, 1.165) is 5.56 Å². The number of nitrogens with one attached hydrogen (secondary N) is 1. The quantitative estimate of drug-likeness (QED) is 0.321. The second-order valence-electron chi connectivity index (χ2n) is 4.53. The molecule has 18 heavy (non-hydrogen) atoms. The summed E-state index contributed by atoms with van der Waals surface area (Å²) in [5.74, 6) is 0.109. The molecule has 5 nitrogen and oxygen atoms in total. The zero-order chi connectivity index (χ0) is 13.5. The lowest BCUT2D eigenvalue weighted by molar-refractivity contribution is -0.122. The molecule has 0 spiro atoms. The molecule has 0 aliphatic rings. The third-order valence-corrected chi connectivity index (χ3v) is 2.44. The Morgan fingerprint density at radius 1 is 1.39 bits per heavy atom. The molecule has 0 heterocycles. The van der Waals surface area contributed by atoms with Crippen molar-refractivity contribution in [3.8, 4) is 0 Å². The van der Waals surface area contributed by atoms with Crippen molar-refractivity contribution in [2.45, 2.75) is 26.3 Å². The van der Waals surface area contributed by atoms with Gasteiger partial charge < -0.3 is 16.3 Å². The SMILES string of the molecule is CC(C)CC(=O)NC(C(N)=NO)c1ccccc1. The molecule has 1 unspecified atom stereocenters. The highest BCUT2D eigenvalue weighted by atomic mass is 16.4. The average Bonchev–Trinajstić information content (AvgIpc) is 2.35. The Labute approximate surface area is 107 Å². The highest BCUT2D eigenvalue weighted by molar-refractivity contribution is 5.90. The van der Waals surface area contributed by atoms with E-state index in [1.807, 2.05) is 44.2 Å². The summed E-state index contributed by atoms with van der Waals surface area (Å²) in [6.45, 7) is 3.92. The number of rotatable bonds is 5. The Morgan fingerprint density at radius 3 is 2.50 bits per heavy atom. The summed E-state index contributed by atoms with van der Waals surface area (Å²) in [4.78, 5) is 11.8. The van der Waals surface area contributed by atoms with Crippen LogP contribution in [0.3, 0.4) is 0 Å². The van der Waals surface area contributed by atoms with E-state index in [4.69, 9.17) is 10.9 Å². The van der Waals surface area contributed by atoms with Crippen LogP contribution in [-0.4, -0.2) is 17.0 Å². The fourth-order valence-electron chi connectivity index (χ4n) is 1.62. The number of amides is 1. The van der Waals surface area contributed by atoms with Gasteiger partial charge in [0, 0.05) is 6.42 Å². The minimum Gasteiger partial charge on any atom is -0.409 e. The number of hydrogen-bond donors (Lipinski definition) is 3. The zero-order valence-corrected chi connectivity index (χ0v) is 10.6. The van der Waals surface area contributed by atoms with Crippen molar-refractivity contribution in [2.75, 3.05) is 0 Å². The summed E-state index contributed by atoms with van der Waals surface area (Å²) >= 11 is 0. The van der Waals surface area contributed by atoms with Crippen LogP contribution >= 0.6 is 0 Å². The van der Waals surface area contributed by atoms with Gasteiger partial charge in [0.15, 0.2) is 5.84 Å².